The average Bonchev–Trinajstić information content (AvgIpc) is 3.08. The van der Waals surface area contributed by atoms with Gasteiger partial charge in [0.05, 0.1) is 24.8 Å². The second-order valence-electron chi connectivity index (χ2n) is 6.68. The van der Waals surface area contributed by atoms with Gasteiger partial charge >= 0.3 is 0 Å². The first kappa shape index (κ1) is 17.7. The van der Waals surface area contributed by atoms with Crippen LogP contribution in [-0.4, -0.2) is 29.2 Å². The van der Waals surface area contributed by atoms with Crippen molar-refractivity contribution >= 4 is 26.5 Å². The number of nitrogens with zero attached hydrogens (tertiary/aromatic N) is 1. The molecule has 6 heteroatoms. The standard InChI is InChI=1S/C21H21NO4S/c1-14-4-6-18(7-5-14)27(23,24)22-9-8-15-10-16-12-20(25-2)21(26-3)13-17(16)11-19(15)22/h4-7,10-13H,8-9H2,1-3H3. The molecule has 0 bridgehead atoms. The van der Waals surface area contributed by atoms with Crippen LogP contribution in [-0.2, 0) is 16.4 Å². The summed E-state index contributed by atoms with van der Waals surface area (Å²) >= 11 is 0. The van der Waals surface area contributed by atoms with Crippen molar-refractivity contribution in [1.82, 2.24) is 0 Å². The lowest BCUT2D eigenvalue weighted by atomic mass is 10.0. The van der Waals surface area contributed by atoms with Crippen LogP contribution in [0.4, 0.5) is 5.69 Å². The minimum atomic E-state index is -3.59. The molecule has 0 aromatic heterocycles. The van der Waals surface area contributed by atoms with E-state index in [1.807, 2.05) is 43.3 Å². The third-order valence-corrected chi connectivity index (χ3v) is 6.83. The van der Waals surface area contributed by atoms with Crippen LogP contribution in [0.3, 0.4) is 0 Å². The largest absolute Gasteiger partial charge is 0.493 e. The lowest BCUT2D eigenvalue weighted by Gasteiger charge is -2.20. The van der Waals surface area contributed by atoms with Crippen molar-refractivity contribution in [3.63, 3.8) is 0 Å². The highest BCUT2D eigenvalue weighted by atomic mass is 32.2. The number of benzene rings is 3. The van der Waals surface area contributed by atoms with Gasteiger partial charge in [-0.25, -0.2) is 8.42 Å². The quantitative estimate of drug-likeness (QED) is 0.685. The van der Waals surface area contributed by atoms with Gasteiger partial charge in [0, 0.05) is 6.54 Å². The van der Waals surface area contributed by atoms with Crippen LogP contribution in [0.5, 0.6) is 11.5 Å². The molecule has 5 nitrogen and oxygen atoms in total. The van der Waals surface area contributed by atoms with Crippen LogP contribution in [0, 0.1) is 6.92 Å². The summed E-state index contributed by atoms with van der Waals surface area (Å²) in [7, 11) is -0.396. The van der Waals surface area contributed by atoms with E-state index < -0.39 is 10.0 Å². The number of aryl methyl sites for hydroxylation is 1. The van der Waals surface area contributed by atoms with Crippen LogP contribution in [0.15, 0.2) is 53.4 Å². The maximum atomic E-state index is 13.1. The SMILES string of the molecule is COc1cc2cc3c(cc2cc1OC)N(S(=O)(=O)c1ccc(C)cc1)CC3. The van der Waals surface area contributed by atoms with E-state index in [4.69, 9.17) is 9.47 Å². The summed E-state index contributed by atoms with van der Waals surface area (Å²) in [6.45, 7) is 2.38. The number of methoxy groups -OCH3 is 2. The fourth-order valence-corrected chi connectivity index (χ4v) is 5.02. The molecule has 3 aromatic rings. The highest BCUT2D eigenvalue weighted by Crippen LogP contribution is 2.39. The van der Waals surface area contributed by atoms with E-state index in [9.17, 15) is 8.42 Å². The van der Waals surface area contributed by atoms with Crippen molar-refractivity contribution in [2.75, 3.05) is 25.1 Å². The van der Waals surface area contributed by atoms with Crippen molar-refractivity contribution in [2.45, 2.75) is 18.2 Å². The van der Waals surface area contributed by atoms with Gasteiger partial charge in [-0.2, -0.15) is 0 Å². The molecule has 3 aromatic carbocycles. The summed E-state index contributed by atoms with van der Waals surface area (Å²) < 4.78 is 38.6. The number of rotatable bonds is 4. The van der Waals surface area contributed by atoms with Crippen molar-refractivity contribution in [1.29, 1.82) is 0 Å². The highest BCUT2D eigenvalue weighted by Gasteiger charge is 2.31. The van der Waals surface area contributed by atoms with E-state index in [1.165, 1.54) is 4.31 Å². The van der Waals surface area contributed by atoms with E-state index in [1.54, 1.807) is 26.4 Å². The lowest BCUT2D eigenvalue weighted by Crippen LogP contribution is -2.29. The molecule has 1 aliphatic rings. The molecule has 1 aliphatic heterocycles. The molecule has 0 aliphatic carbocycles. The third-order valence-electron chi connectivity index (χ3n) is 5.00. The third kappa shape index (κ3) is 2.90. The predicted molar refractivity (Wildman–Crippen MR) is 106 cm³/mol. The Balaban J connectivity index is 1.83. The number of hydrogen-bond acceptors (Lipinski definition) is 4. The van der Waals surface area contributed by atoms with Crippen LogP contribution in [0.1, 0.15) is 11.1 Å². The Bertz CT molecular complexity index is 1120. The zero-order valence-corrected chi connectivity index (χ0v) is 16.3. The Morgan fingerprint density at radius 2 is 1.48 bits per heavy atom. The number of fused-ring (bicyclic) bond motifs is 2. The van der Waals surface area contributed by atoms with Crippen LogP contribution >= 0.6 is 0 Å². The van der Waals surface area contributed by atoms with E-state index in [0.29, 0.717) is 29.4 Å². The minimum Gasteiger partial charge on any atom is -0.493 e. The summed E-state index contributed by atoms with van der Waals surface area (Å²) in [5.74, 6) is 1.28. The number of ether oxygens (including phenoxy) is 2. The first-order valence-corrected chi connectivity index (χ1v) is 10.2. The summed E-state index contributed by atoms with van der Waals surface area (Å²) in [6.07, 6.45) is 0.685. The van der Waals surface area contributed by atoms with Gasteiger partial charge in [-0.1, -0.05) is 17.7 Å². The zero-order chi connectivity index (χ0) is 19.2. The summed E-state index contributed by atoms with van der Waals surface area (Å²) in [4.78, 5) is 0.313. The van der Waals surface area contributed by atoms with Gasteiger partial charge in [-0.15, -0.1) is 0 Å². The van der Waals surface area contributed by atoms with E-state index in [0.717, 1.165) is 27.6 Å². The lowest BCUT2D eigenvalue weighted by molar-refractivity contribution is 0.356. The van der Waals surface area contributed by atoms with Gasteiger partial charge in [0.2, 0.25) is 0 Å². The highest BCUT2D eigenvalue weighted by molar-refractivity contribution is 7.92. The molecule has 27 heavy (non-hydrogen) atoms. The Morgan fingerprint density at radius 1 is 0.889 bits per heavy atom. The Morgan fingerprint density at radius 3 is 2.07 bits per heavy atom. The molecule has 0 fully saturated rings. The minimum absolute atomic E-state index is 0.313. The van der Waals surface area contributed by atoms with Gasteiger partial charge in [0.15, 0.2) is 11.5 Å². The number of anilines is 1. The molecule has 140 valence electrons. The second-order valence-corrected chi connectivity index (χ2v) is 8.54. The van der Waals surface area contributed by atoms with E-state index in [-0.39, 0.29) is 0 Å². The molecule has 0 atom stereocenters. The van der Waals surface area contributed by atoms with Gasteiger partial charge in [-0.3, -0.25) is 4.31 Å². The van der Waals surface area contributed by atoms with Crippen molar-refractivity contribution < 1.29 is 17.9 Å². The Labute approximate surface area is 159 Å². The normalized spacial score (nSPS) is 13.7. The Hall–Kier alpha value is -2.73. The monoisotopic (exact) mass is 383 g/mol. The molecule has 0 spiro atoms. The maximum Gasteiger partial charge on any atom is 0.264 e. The van der Waals surface area contributed by atoms with Crippen molar-refractivity contribution in [3.05, 3.63) is 59.7 Å². The van der Waals surface area contributed by atoms with Crippen LogP contribution in [0.25, 0.3) is 10.8 Å². The summed E-state index contributed by atoms with van der Waals surface area (Å²) in [5, 5.41) is 1.92. The number of hydrogen-bond donors (Lipinski definition) is 0. The number of sulfonamides is 1. The van der Waals surface area contributed by atoms with E-state index >= 15 is 0 Å². The average molecular weight is 383 g/mol. The van der Waals surface area contributed by atoms with Gasteiger partial charge < -0.3 is 9.47 Å². The molecular formula is C21H21NO4S. The first-order valence-electron chi connectivity index (χ1n) is 8.72. The summed E-state index contributed by atoms with van der Waals surface area (Å²) in [5.41, 5.74) is 2.78. The molecule has 1 heterocycles. The molecular weight excluding hydrogens is 362 g/mol. The smallest absolute Gasteiger partial charge is 0.264 e. The second kappa shape index (κ2) is 6.46. The molecule has 0 saturated heterocycles. The predicted octanol–water partition coefficient (Wildman–Crippen LogP) is 3.92. The maximum absolute atomic E-state index is 13.1. The fraction of sp³-hybridized carbons (Fsp3) is 0.238. The molecule has 0 unspecified atom stereocenters. The van der Waals surface area contributed by atoms with Crippen molar-refractivity contribution in [3.8, 4) is 11.5 Å². The Kier molecular flexibility index (Phi) is 4.23. The summed E-state index contributed by atoms with van der Waals surface area (Å²) in [6, 6.07) is 14.7. The molecule has 0 saturated carbocycles. The van der Waals surface area contributed by atoms with Gasteiger partial charge in [0.1, 0.15) is 0 Å². The van der Waals surface area contributed by atoms with Gasteiger partial charge in [0.25, 0.3) is 10.0 Å². The van der Waals surface area contributed by atoms with E-state index in [2.05, 4.69) is 0 Å². The first-order chi connectivity index (χ1) is 12.9. The topological polar surface area (TPSA) is 55.8 Å². The fourth-order valence-electron chi connectivity index (χ4n) is 3.52. The van der Waals surface area contributed by atoms with Gasteiger partial charge in [-0.05, 0) is 66.1 Å². The van der Waals surface area contributed by atoms with Crippen LogP contribution < -0.4 is 13.8 Å². The zero-order valence-electron chi connectivity index (χ0n) is 15.5. The molecule has 0 radical (unpaired) electrons. The van der Waals surface area contributed by atoms with Crippen LogP contribution in [0.2, 0.25) is 0 Å². The molecule has 0 N–H and O–H groups in total. The molecule has 4 rings (SSSR count). The molecule has 0 amide bonds. The van der Waals surface area contributed by atoms with Crippen molar-refractivity contribution in [2.24, 2.45) is 0 Å².